The maximum absolute atomic E-state index is 2.62. The van der Waals surface area contributed by atoms with Crippen LogP contribution in [-0.2, 0) is 33.6 Å². The molecule has 1 unspecified atom stereocenters. The van der Waals surface area contributed by atoms with Gasteiger partial charge in [-0.3, -0.25) is 0 Å². The first-order valence-corrected chi connectivity index (χ1v) is 19.9. The van der Waals surface area contributed by atoms with Gasteiger partial charge in [0.05, 0.1) is 0 Å². The third-order valence-corrected chi connectivity index (χ3v) is 14.1. The van der Waals surface area contributed by atoms with Crippen molar-refractivity contribution in [3.05, 3.63) is 147 Å². The quantitative estimate of drug-likeness (QED) is 0.190. The summed E-state index contributed by atoms with van der Waals surface area (Å²) in [5.41, 5.74) is 18.5. The minimum absolute atomic E-state index is 0.0172. The van der Waals surface area contributed by atoms with Gasteiger partial charge in [-0.25, -0.2) is 0 Å². The minimum atomic E-state index is -1.30. The molecular formula is C45H51Zr. The molecule has 0 aromatic heterocycles. The first-order chi connectivity index (χ1) is 21.8. The van der Waals surface area contributed by atoms with Gasteiger partial charge < -0.3 is 0 Å². The molecule has 4 aromatic carbocycles. The number of benzene rings is 4. The van der Waals surface area contributed by atoms with Gasteiger partial charge in [0.1, 0.15) is 0 Å². The van der Waals surface area contributed by atoms with Crippen LogP contribution >= 0.6 is 0 Å². The Labute approximate surface area is 290 Å². The summed E-state index contributed by atoms with van der Waals surface area (Å²) in [7, 11) is 0. The van der Waals surface area contributed by atoms with Crippen molar-refractivity contribution in [1.29, 1.82) is 0 Å². The molecule has 0 nitrogen and oxygen atoms in total. The van der Waals surface area contributed by atoms with E-state index in [0.717, 1.165) is 6.42 Å². The molecule has 0 heterocycles. The van der Waals surface area contributed by atoms with E-state index >= 15 is 0 Å². The van der Waals surface area contributed by atoms with Crippen LogP contribution in [0.2, 0.25) is 0 Å². The van der Waals surface area contributed by atoms with Gasteiger partial charge in [0.15, 0.2) is 0 Å². The fourth-order valence-electron chi connectivity index (χ4n) is 7.82. The molecular weight excluding hydrogens is 632 g/mol. The van der Waals surface area contributed by atoms with Crippen molar-refractivity contribution in [3.63, 3.8) is 0 Å². The van der Waals surface area contributed by atoms with Crippen LogP contribution in [0.25, 0.3) is 16.7 Å². The van der Waals surface area contributed by atoms with E-state index in [0.29, 0.717) is 15.5 Å². The number of rotatable bonds is 6. The molecule has 46 heavy (non-hydrogen) atoms. The van der Waals surface area contributed by atoms with Gasteiger partial charge in [-0.2, -0.15) is 0 Å². The zero-order valence-corrected chi connectivity index (χ0v) is 32.1. The first kappa shape index (κ1) is 33.0. The normalized spacial score (nSPS) is 15.7. The van der Waals surface area contributed by atoms with Crippen LogP contribution in [0.15, 0.2) is 97.1 Å². The van der Waals surface area contributed by atoms with Gasteiger partial charge in [-0.1, -0.05) is 0 Å². The van der Waals surface area contributed by atoms with Crippen LogP contribution in [-0.4, -0.2) is 3.21 Å². The van der Waals surface area contributed by atoms with E-state index in [9.17, 15) is 0 Å². The van der Waals surface area contributed by atoms with E-state index in [4.69, 9.17) is 0 Å². The molecule has 2 aliphatic rings. The average molecular weight is 683 g/mol. The Morgan fingerprint density at radius 3 is 1.76 bits per heavy atom. The third-order valence-electron chi connectivity index (χ3n) is 9.81. The van der Waals surface area contributed by atoms with E-state index in [1.54, 1.807) is 42.2 Å². The zero-order valence-electron chi connectivity index (χ0n) is 29.7. The van der Waals surface area contributed by atoms with Gasteiger partial charge in [-0.15, -0.1) is 0 Å². The molecule has 1 heteroatoms. The molecule has 0 radical (unpaired) electrons. The zero-order chi connectivity index (χ0) is 33.0. The van der Waals surface area contributed by atoms with Crippen LogP contribution in [0, 0.1) is 0 Å². The second kappa shape index (κ2) is 12.6. The van der Waals surface area contributed by atoms with Crippen molar-refractivity contribution in [2.75, 3.05) is 0 Å². The Balaban J connectivity index is 1.82. The summed E-state index contributed by atoms with van der Waals surface area (Å²) >= 11 is -1.30. The Kier molecular flexibility index (Phi) is 9.06. The standard InChI is InChI=1S/C32H41.C13H10.Zr/c1-19(2)26-27(20(3)4)30(32(8,9)10)28(21-13-11-12-14-21)25-18-22-17-23(31(5,6)7)15-16-24(22)29(25)26;1-3-7-12(8-4-1)11-13-9-5-2-6-10-13;/h11-13,15-20H,14H2,1-10H3;1-10H;. The van der Waals surface area contributed by atoms with Gasteiger partial charge in [0.25, 0.3) is 0 Å². The molecule has 0 aliphatic heterocycles. The predicted molar refractivity (Wildman–Crippen MR) is 197 cm³/mol. The van der Waals surface area contributed by atoms with Gasteiger partial charge in [0.2, 0.25) is 0 Å². The Morgan fingerprint density at radius 1 is 0.696 bits per heavy atom. The molecule has 6 rings (SSSR count). The van der Waals surface area contributed by atoms with Crippen molar-refractivity contribution < 1.29 is 22.8 Å². The van der Waals surface area contributed by atoms with Crippen molar-refractivity contribution in [2.45, 2.75) is 102 Å². The van der Waals surface area contributed by atoms with Gasteiger partial charge >= 0.3 is 292 Å². The van der Waals surface area contributed by atoms with Crippen molar-refractivity contribution in [3.8, 4) is 11.1 Å². The SMILES string of the molecule is CC(C)c1c2c(c(C3=CC=CC3)c(C(C)(C)C)c1C(C)C)[CH]([Zr]=[C](c1ccccc1)c1ccccc1)c1cc(C(C)(C)C)ccc1-2. The molecule has 235 valence electrons. The Hall–Kier alpha value is -2.89. The van der Waals surface area contributed by atoms with Crippen LogP contribution < -0.4 is 0 Å². The molecule has 0 saturated heterocycles. The maximum atomic E-state index is 2.62. The first-order valence-electron chi connectivity index (χ1n) is 17.3. The second-order valence-corrected chi connectivity index (χ2v) is 19.3. The topological polar surface area (TPSA) is 0 Å². The molecule has 0 N–H and O–H groups in total. The summed E-state index contributed by atoms with van der Waals surface area (Å²) in [4.78, 5) is 0. The van der Waals surface area contributed by atoms with E-state index < -0.39 is 22.8 Å². The average Bonchev–Trinajstić information content (AvgIpc) is 3.65. The van der Waals surface area contributed by atoms with Crippen molar-refractivity contribution in [2.24, 2.45) is 0 Å². The van der Waals surface area contributed by atoms with Crippen LogP contribution in [0.1, 0.15) is 141 Å². The van der Waals surface area contributed by atoms with Crippen LogP contribution in [0.3, 0.4) is 0 Å². The number of hydrogen-bond acceptors (Lipinski definition) is 0. The molecule has 1 atom stereocenters. The summed E-state index contributed by atoms with van der Waals surface area (Å²) in [5, 5.41) is 0. The second-order valence-electron chi connectivity index (χ2n) is 16.0. The summed E-state index contributed by atoms with van der Waals surface area (Å²) in [5.74, 6) is 0.876. The molecule has 2 aliphatic carbocycles. The molecule has 4 aromatic rings. The van der Waals surface area contributed by atoms with Crippen LogP contribution in [0.5, 0.6) is 0 Å². The van der Waals surface area contributed by atoms with Gasteiger partial charge in [0, 0.05) is 0 Å². The Morgan fingerprint density at radius 2 is 1.28 bits per heavy atom. The summed E-state index contributed by atoms with van der Waals surface area (Å²) in [6, 6.07) is 30.1. The fraction of sp³-hybridized carbons (Fsp3) is 0.356. The molecule has 0 saturated carbocycles. The van der Waals surface area contributed by atoms with E-state index in [-0.39, 0.29) is 10.8 Å². The van der Waals surface area contributed by atoms with E-state index in [1.807, 2.05) is 0 Å². The van der Waals surface area contributed by atoms with Crippen molar-refractivity contribution in [1.82, 2.24) is 0 Å². The Bertz CT molecular complexity index is 1810. The summed E-state index contributed by atoms with van der Waals surface area (Å²) < 4.78 is 2.01. The molecule has 0 fully saturated rings. The summed E-state index contributed by atoms with van der Waals surface area (Å²) in [6.07, 6.45) is 8.10. The third kappa shape index (κ3) is 5.99. The fourth-order valence-corrected chi connectivity index (χ4v) is 12.2. The predicted octanol–water partition coefficient (Wildman–Crippen LogP) is 12.3. The monoisotopic (exact) mass is 681 g/mol. The van der Waals surface area contributed by atoms with E-state index in [2.05, 4.69) is 166 Å². The molecule has 0 bridgehead atoms. The summed E-state index contributed by atoms with van der Waals surface area (Å²) in [6.45, 7) is 24.2. The number of hydrogen-bond donors (Lipinski definition) is 0. The number of fused-ring (bicyclic) bond motifs is 3. The van der Waals surface area contributed by atoms with E-state index in [1.165, 1.54) is 27.8 Å². The van der Waals surface area contributed by atoms with Crippen molar-refractivity contribution >= 4 is 8.78 Å². The van der Waals surface area contributed by atoms with Crippen LogP contribution in [0.4, 0.5) is 0 Å². The number of allylic oxidation sites excluding steroid dienone is 4. The molecule has 0 spiro atoms. The molecule has 0 amide bonds. The van der Waals surface area contributed by atoms with Gasteiger partial charge in [-0.05, 0) is 0 Å².